The normalized spacial score (nSPS) is 23.2. The Kier molecular flexibility index (Phi) is 3.21. The summed E-state index contributed by atoms with van der Waals surface area (Å²) >= 11 is 1.79. The Morgan fingerprint density at radius 3 is 2.63 bits per heavy atom. The highest BCUT2D eigenvalue weighted by Crippen LogP contribution is 2.39. The van der Waals surface area contributed by atoms with Crippen molar-refractivity contribution >= 4 is 27.4 Å². The van der Waals surface area contributed by atoms with E-state index in [0.717, 1.165) is 22.4 Å². The highest BCUT2D eigenvalue weighted by atomic mass is 32.1. The van der Waals surface area contributed by atoms with Crippen LogP contribution in [0, 0.1) is 19.8 Å². The fourth-order valence-corrected chi connectivity index (χ4v) is 4.11. The predicted octanol–water partition coefficient (Wildman–Crippen LogP) is 4.25. The molecule has 3 nitrogen and oxygen atoms in total. The number of fused-ring (bicyclic) bond motifs is 1. The van der Waals surface area contributed by atoms with Crippen molar-refractivity contribution in [2.24, 2.45) is 5.92 Å². The van der Waals surface area contributed by atoms with Crippen LogP contribution in [0.25, 0.3) is 10.2 Å². The highest BCUT2D eigenvalue weighted by molar-refractivity contribution is 7.18. The third kappa shape index (κ3) is 2.12. The molecule has 2 unspecified atom stereocenters. The first-order valence-electron chi connectivity index (χ1n) is 7.05. The second-order valence-corrected chi connectivity index (χ2v) is 6.96. The van der Waals surface area contributed by atoms with E-state index < -0.39 is 0 Å². The molecule has 19 heavy (non-hydrogen) atoms. The lowest BCUT2D eigenvalue weighted by Crippen LogP contribution is -2.04. The summed E-state index contributed by atoms with van der Waals surface area (Å²) in [6.45, 7) is 6.66. The van der Waals surface area contributed by atoms with Crippen molar-refractivity contribution in [1.82, 2.24) is 9.97 Å². The number of hydrogen-bond acceptors (Lipinski definition) is 4. The van der Waals surface area contributed by atoms with E-state index >= 15 is 0 Å². The van der Waals surface area contributed by atoms with E-state index in [1.165, 1.54) is 35.1 Å². The number of aromatic nitrogens is 2. The summed E-state index contributed by atoms with van der Waals surface area (Å²) < 4.78 is 0. The molecule has 2 atom stereocenters. The lowest BCUT2D eigenvalue weighted by molar-refractivity contribution is 0.587. The Morgan fingerprint density at radius 1 is 1.21 bits per heavy atom. The molecule has 102 valence electrons. The zero-order chi connectivity index (χ0) is 13.6. The Balaban J connectivity index is 2.12. The van der Waals surface area contributed by atoms with Gasteiger partial charge in [-0.05, 0) is 44.6 Å². The molecule has 0 radical (unpaired) electrons. The zero-order valence-electron chi connectivity index (χ0n) is 12.1. The minimum Gasteiger partial charge on any atom is -0.372 e. The zero-order valence-corrected chi connectivity index (χ0v) is 12.9. The van der Waals surface area contributed by atoms with Crippen molar-refractivity contribution in [1.29, 1.82) is 0 Å². The van der Waals surface area contributed by atoms with Crippen LogP contribution in [0.2, 0.25) is 0 Å². The first-order valence-corrected chi connectivity index (χ1v) is 7.87. The minimum absolute atomic E-state index is 0.550. The van der Waals surface area contributed by atoms with Crippen LogP contribution in [0.1, 0.15) is 48.4 Å². The van der Waals surface area contributed by atoms with Crippen molar-refractivity contribution in [3.8, 4) is 0 Å². The van der Waals surface area contributed by atoms with Gasteiger partial charge in [0.2, 0.25) is 0 Å². The molecule has 0 bridgehead atoms. The Bertz CT molecular complexity index is 617. The lowest BCUT2D eigenvalue weighted by Gasteiger charge is -2.11. The predicted molar refractivity (Wildman–Crippen MR) is 82.2 cm³/mol. The molecule has 0 amide bonds. The van der Waals surface area contributed by atoms with Gasteiger partial charge in [-0.3, -0.25) is 0 Å². The third-order valence-electron chi connectivity index (χ3n) is 4.34. The maximum absolute atomic E-state index is 4.85. The van der Waals surface area contributed by atoms with Gasteiger partial charge < -0.3 is 5.32 Å². The van der Waals surface area contributed by atoms with E-state index in [9.17, 15) is 0 Å². The fourth-order valence-electron chi connectivity index (χ4n) is 3.07. The van der Waals surface area contributed by atoms with Gasteiger partial charge in [0.15, 0.2) is 0 Å². The molecule has 4 heteroatoms. The molecular weight excluding hydrogens is 254 g/mol. The van der Waals surface area contributed by atoms with Crippen LogP contribution in [0.3, 0.4) is 0 Å². The molecule has 0 spiro atoms. The van der Waals surface area contributed by atoms with Gasteiger partial charge in [0.1, 0.15) is 16.5 Å². The van der Waals surface area contributed by atoms with Crippen molar-refractivity contribution in [2.45, 2.75) is 46.0 Å². The molecular formula is C15H21N3S. The average Bonchev–Trinajstić information content (AvgIpc) is 2.94. The summed E-state index contributed by atoms with van der Waals surface area (Å²) in [7, 11) is 1.95. The van der Waals surface area contributed by atoms with E-state index in [1.807, 2.05) is 7.05 Å². The van der Waals surface area contributed by atoms with E-state index in [-0.39, 0.29) is 0 Å². The molecule has 1 N–H and O–H groups in total. The summed E-state index contributed by atoms with van der Waals surface area (Å²) in [6.07, 6.45) is 3.78. The van der Waals surface area contributed by atoms with Gasteiger partial charge in [-0.25, -0.2) is 9.97 Å². The topological polar surface area (TPSA) is 37.8 Å². The molecule has 1 saturated carbocycles. The van der Waals surface area contributed by atoms with E-state index in [0.29, 0.717) is 5.92 Å². The fraction of sp³-hybridized carbons (Fsp3) is 0.600. The molecule has 0 aromatic carbocycles. The SMILES string of the molecule is CNc1nc(C2CCC(C)C2)nc2sc(C)c(C)c12. The van der Waals surface area contributed by atoms with E-state index in [1.54, 1.807) is 11.3 Å². The number of rotatable bonds is 2. The second kappa shape index (κ2) is 4.75. The monoisotopic (exact) mass is 275 g/mol. The maximum Gasteiger partial charge on any atom is 0.138 e. The largest absolute Gasteiger partial charge is 0.372 e. The quantitative estimate of drug-likeness (QED) is 0.890. The van der Waals surface area contributed by atoms with Gasteiger partial charge in [0.05, 0.1) is 5.39 Å². The third-order valence-corrected chi connectivity index (χ3v) is 5.44. The Labute approximate surface area is 118 Å². The van der Waals surface area contributed by atoms with Gasteiger partial charge in [-0.1, -0.05) is 6.92 Å². The van der Waals surface area contributed by atoms with Crippen LogP contribution >= 0.6 is 11.3 Å². The lowest BCUT2D eigenvalue weighted by atomic mass is 10.1. The number of anilines is 1. The molecule has 3 rings (SSSR count). The first-order chi connectivity index (χ1) is 9.10. The van der Waals surface area contributed by atoms with Gasteiger partial charge in [0, 0.05) is 17.8 Å². The van der Waals surface area contributed by atoms with E-state index in [4.69, 9.17) is 9.97 Å². The molecule has 0 aliphatic heterocycles. The van der Waals surface area contributed by atoms with Gasteiger partial charge in [0.25, 0.3) is 0 Å². The Hall–Kier alpha value is -1.16. The molecule has 2 aromatic heterocycles. The first kappa shape index (κ1) is 12.9. The summed E-state index contributed by atoms with van der Waals surface area (Å²) in [5, 5.41) is 4.46. The standard InChI is InChI=1S/C15H21N3S/c1-8-5-6-11(7-8)13-17-14(16-4)12-9(2)10(3)19-15(12)18-13/h8,11H,5-7H2,1-4H3,(H,16,17,18). The van der Waals surface area contributed by atoms with Crippen LogP contribution in [-0.4, -0.2) is 17.0 Å². The summed E-state index contributed by atoms with van der Waals surface area (Å²) in [5.74, 6) is 3.41. The summed E-state index contributed by atoms with van der Waals surface area (Å²) in [6, 6.07) is 0. The molecule has 0 saturated heterocycles. The maximum atomic E-state index is 4.85. The van der Waals surface area contributed by atoms with Crippen LogP contribution in [0.5, 0.6) is 0 Å². The molecule has 1 aliphatic rings. The highest BCUT2D eigenvalue weighted by Gasteiger charge is 2.26. The molecule has 1 fully saturated rings. The minimum atomic E-state index is 0.550. The number of thiophene rings is 1. The second-order valence-electron chi connectivity index (χ2n) is 5.76. The van der Waals surface area contributed by atoms with Gasteiger partial charge >= 0.3 is 0 Å². The van der Waals surface area contributed by atoms with Crippen LogP contribution in [0.15, 0.2) is 0 Å². The number of nitrogens with zero attached hydrogens (tertiary/aromatic N) is 2. The van der Waals surface area contributed by atoms with Crippen molar-refractivity contribution in [3.63, 3.8) is 0 Å². The van der Waals surface area contributed by atoms with Crippen LogP contribution in [-0.2, 0) is 0 Å². The van der Waals surface area contributed by atoms with Crippen molar-refractivity contribution in [2.75, 3.05) is 12.4 Å². The summed E-state index contributed by atoms with van der Waals surface area (Å²) in [4.78, 5) is 12.1. The number of aryl methyl sites for hydroxylation is 2. The van der Waals surface area contributed by atoms with Crippen LogP contribution < -0.4 is 5.32 Å². The van der Waals surface area contributed by atoms with Crippen LogP contribution in [0.4, 0.5) is 5.82 Å². The molecule has 2 heterocycles. The van der Waals surface area contributed by atoms with Crippen molar-refractivity contribution in [3.05, 3.63) is 16.3 Å². The van der Waals surface area contributed by atoms with Crippen molar-refractivity contribution < 1.29 is 0 Å². The van der Waals surface area contributed by atoms with Gasteiger partial charge in [-0.2, -0.15) is 0 Å². The number of hydrogen-bond donors (Lipinski definition) is 1. The van der Waals surface area contributed by atoms with Gasteiger partial charge in [-0.15, -0.1) is 11.3 Å². The average molecular weight is 275 g/mol. The number of nitrogens with one attached hydrogen (secondary N) is 1. The Morgan fingerprint density at radius 2 is 2.00 bits per heavy atom. The summed E-state index contributed by atoms with van der Waals surface area (Å²) in [5.41, 5.74) is 1.32. The molecule has 2 aromatic rings. The van der Waals surface area contributed by atoms with E-state index in [2.05, 4.69) is 26.1 Å². The smallest absolute Gasteiger partial charge is 0.138 e. The molecule has 1 aliphatic carbocycles.